The van der Waals surface area contributed by atoms with E-state index in [1.165, 1.54) is 63.1 Å². The molecule has 0 amide bonds. The van der Waals surface area contributed by atoms with Gasteiger partial charge in [-0.15, -0.1) is 0 Å². The molecule has 0 spiro atoms. The van der Waals surface area contributed by atoms with Crippen molar-refractivity contribution >= 4 is 11.9 Å². The van der Waals surface area contributed by atoms with Crippen molar-refractivity contribution in [2.24, 2.45) is 0 Å². The topological polar surface area (TPSA) is 83.8 Å². The second-order valence-corrected chi connectivity index (χ2v) is 8.10. The van der Waals surface area contributed by atoms with Crippen molar-refractivity contribution in [3.05, 3.63) is 59.2 Å². The molecule has 0 saturated carbocycles. The molecule has 1 aromatic rings. The molecule has 1 aromatic carbocycles. The molecule has 0 heterocycles. The summed E-state index contributed by atoms with van der Waals surface area (Å²) in [6.07, 6.45) is 22.8. The van der Waals surface area contributed by atoms with Crippen LogP contribution >= 0.6 is 0 Å². The predicted molar refractivity (Wildman–Crippen MR) is 129 cm³/mol. The molecule has 0 aliphatic rings. The zero-order chi connectivity index (χ0) is 23.4. The summed E-state index contributed by atoms with van der Waals surface area (Å²) in [5.74, 6) is -1.69. The minimum atomic E-state index is -1.14. The summed E-state index contributed by atoms with van der Waals surface area (Å²) in [6, 6.07) is 4.09. The molecule has 0 atom stereocenters. The Labute approximate surface area is 193 Å². The van der Waals surface area contributed by atoms with Crippen molar-refractivity contribution in [1.29, 1.82) is 0 Å². The average molecular weight is 445 g/mol. The van der Waals surface area contributed by atoms with E-state index in [4.69, 9.17) is 9.84 Å². The maximum atomic E-state index is 12.1. The molecule has 0 aromatic heterocycles. The molecule has 5 nitrogen and oxygen atoms in total. The second-order valence-electron chi connectivity index (χ2n) is 8.10. The van der Waals surface area contributed by atoms with Crippen LogP contribution in [0.25, 0.3) is 0 Å². The number of carbonyl (C=O) groups excluding carboxylic acids is 1. The highest BCUT2D eigenvalue weighted by atomic mass is 16.5. The Kier molecular flexibility index (Phi) is 15.7. The van der Waals surface area contributed by atoms with Crippen molar-refractivity contribution < 1.29 is 24.5 Å². The number of benzene rings is 1. The summed E-state index contributed by atoms with van der Waals surface area (Å²) in [5.41, 5.74) is 0.511. The van der Waals surface area contributed by atoms with Crippen LogP contribution in [0.4, 0.5) is 0 Å². The third kappa shape index (κ3) is 13.1. The minimum absolute atomic E-state index is 0.0304. The molecule has 0 unspecified atom stereocenters. The van der Waals surface area contributed by atoms with Gasteiger partial charge < -0.3 is 14.9 Å². The van der Waals surface area contributed by atoms with Crippen molar-refractivity contribution in [2.75, 3.05) is 6.61 Å². The number of aliphatic hydroxyl groups excluding tert-OH is 1. The molecule has 5 heteroatoms. The van der Waals surface area contributed by atoms with E-state index in [-0.39, 0.29) is 17.7 Å². The summed E-state index contributed by atoms with van der Waals surface area (Å²) in [7, 11) is 0. The molecule has 178 valence electrons. The molecular formula is C27H40O5. The van der Waals surface area contributed by atoms with E-state index in [1.807, 2.05) is 0 Å². The van der Waals surface area contributed by atoms with E-state index < -0.39 is 11.9 Å². The average Bonchev–Trinajstić information content (AvgIpc) is 2.80. The molecule has 0 fully saturated rings. The summed E-state index contributed by atoms with van der Waals surface area (Å²) in [4.78, 5) is 23.3. The fourth-order valence-electron chi connectivity index (χ4n) is 3.36. The van der Waals surface area contributed by atoms with Gasteiger partial charge in [0, 0.05) is 0 Å². The minimum Gasteiger partial charge on any atom is -0.478 e. The Morgan fingerprint density at radius 1 is 0.812 bits per heavy atom. The summed E-state index contributed by atoms with van der Waals surface area (Å²) < 4.78 is 5.25. The molecule has 0 radical (unpaired) electrons. The quantitative estimate of drug-likeness (QED) is 0.147. The van der Waals surface area contributed by atoms with E-state index in [0.717, 1.165) is 32.1 Å². The van der Waals surface area contributed by atoms with Gasteiger partial charge in [-0.1, -0.05) is 69.8 Å². The van der Waals surface area contributed by atoms with Crippen LogP contribution in [0.15, 0.2) is 42.5 Å². The van der Waals surface area contributed by atoms with Crippen LogP contribution in [0.2, 0.25) is 0 Å². The van der Waals surface area contributed by atoms with Crippen LogP contribution in [-0.4, -0.2) is 28.8 Å². The molecule has 2 N–H and O–H groups in total. The monoisotopic (exact) mass is 444 g/mol. The van der Waals surface area contributed by atoms with Crippen LogP contribution < -0.4 is 0 Å². The van der Waals surface area contributed by atoms with Gasteiger partial charge >= 0.3 is 11.9 Å². The lowest BCUT2D eigenvalue weighted by molar-refractivity contribution is 0.0497. The van der Waals surface area contributed by atoms with E-state index >= 15 is 0 Å². The number of unbranched alkanes of at least 4 members (excludes halogenated alkanes) is 9. The molecular weight excluding hydrogens is 404 g/mol. The Bertz CT molecular complexity index is 721. The van der Waals surface area contributed by atoms with Crippen LogP contribution in [0.3, 0.4) is 0 Å². The highest BCUT2D eigenvalue weighted by Gasteiger charge is 2.13. The maximum Gasteiger partial charge on any atom is 0.338 e. The summed E-state index contributed by atoms with van der Waals surface area (Å²) in [6.45, 7) is 2.22. The number of aliphatic hydroxyl groups is 1. The number of hydrogen-bond donors (Lipinski definition) is 2. The van der Waals surface area contributed by atoms with Crippen molar-refractivity contribution in [1.82, 2.24) is 0 Å². The molecule has 0 saturated heterocycles. The largest absolute Gasteiger partial charge is 0.478 e. The SMILES string of the molecule is CCCCC/C=C\C/C=C\CCCCCCCCOC(=O)c1cc(CO)cc(C(=O)O)c1. The van der Waals surface area contributed by atoms with Crippen LogP contribution in [0, 0.1) is 0 Å². The van der Waals surface area contributed by atoms with Crippen molar-refractivity contribution in [3.63, 3.8) is 0 Å². The molecule has 1 rings (SSSR count). The van der Waals surface area contributed by atoms with E-state index in [0.29, 0.717) is 12.2 Å². The smallest absolute Gasteiger partial charge is 0.338 e. The number of ether oxygens (including phenoxy) is 1. The number of hydrogen-bond acceptors (Lipinski definition) is 4. The van der Waals surface area contributed by atoms with Crippen molar-refractivity contribution in [3.8, 4) is 0 Å². The first-order chi connectivity index (χ1) is 15.6. The first-order valence-electron chi connectivity index (χ1n) is 12.0. The van der Waals surface area contributed by atoms with E-state index in [2.05, 4.69) is 31.2 Å². The van der Waals surface area contributed by atoms with Crippen molar-refractivity contribution in [2.45, 2.75) is 90.6 Å². The Morgan fingerprint density at radius 3 is 2.03 bits per heavy atom. The fraction of sp³-hybridized carbons (Fsp3) is 0.556. The summed E-state index contributed by atoms with van der Waals surface area (Å²) >= 11 is 0. The predicted octanol–water partition coefficient (Wildman–Crippen LogP) is 6.85. The fourth-order valence-corrected chi connectivity index (χ4v) is 3.36. The number of esters is 1. The Balaban J connectivity index is 2.05. The second kappa shape index (κ2) is 18.2. The van der Waals surface area contributed by atoms with Gasteiger partial charge in [-0.05, 0) is 62.3 Å². The van der Waals surface area contributed by atoms with Gasteiger partial charge in [-0.25, -0.2) is 9.59 Å². The Morgan fingerprint density at radius 2 is 1.41 bits per heavy atom. The van der Waals surface area contributed by atoms with Gasteiger partial charge in [0.15, 0.2) is 0 Å². The van der Waals surface area contributed by atoms with Gasteiger partial charge in [0.1, 0.15) is 0 Å². The molecule has 0 aliphatic heterocycles. The lowest BCUT2D eigenvalue weighted by atomic mass is 10.1. The third-order valence-corrected chi connectivity index (χ3v) is 5.24. The van der Waals surface area contributed by atoms with E-state index in [1.54, 1.807) is 0 Å². The van der Waals surface area contributed by atoms with Crippen LogP contribution in [0.1, 0.15) is 110 Å². The number of aromatic carboxylic acids is 1. The maximum absolute atomic E-state index is 12.1. The Hall–Kier alpha value is -2.40. The van der Waals surface area contributed by atoms with Gasteiger partial charge in [-0.3, -0.25) is 0 Å². The number of allylic oxidation sites excluding steroid dienone is 4. The first kappa shape index (κ1) is 27.6. The molecule has 0 aliphatic carbocycles. The number of carbonyl (C=O) groups is 2. The zero-order valence-electron chi connectivity index (χ0n) is 19.6. The number of rotatable bonds is 18. The molecule has 32 heavy (non-hydrogen) atoms. The lowest BCUT2D eigenvalue weighted by Crippen LogP contribution is -2.09. The van der Waals surface area contributed by atoms with Crippen LogP contribution in [-0.2, 0) is 11.3 Å². The third-order valence-electron chi connectivity index (χ3n) is 5.24. The normalized spacial score (nSPS) is 11.4. The van der Waals surface area contributed by atoms with Gasteiger partial charge in [0.2, 0.25) is 0 Å². The van der Waals surface area contributed by atoms with E-state index in [9.17, 15) is 14.7 Å². The van der Waals surface area contributed by atoms with Crippen LogP contribution in [0.5, 0.6) is 0 Å². The standard InChI is InChI=1S/C27H40O5/c1-2-3-4-5-6-7-8-9-10-11-12-13-14-15-16-17-18-32-27(31)25-20-23(22-28)19-24(21-25)26(29)30/h6-7,9-10,19-21,28H,2-5,8,11-18,22H2,1H3,(H,29,30)/b7-6-,10-9-. The highest BCUT2D eigenvalue weighted by Crippen LogP contribution is 2.13. The number of carboxylic acid groups (broad SMARTS) is 1. The highest BCUT2D eigenvalue weighted by molar-refractivity contribution is 5.94. The van der Waals surface area contributed by atoms with Gasteiger partial charge in [0.25, 0.3) is 0 Å². The first-order valence-corrected chi connectivity index (χ1v) is 12.0. The number of carboxylic acids is 1. The summed E-state index contributed by atoms with van der Waals surface area (Å²) in [5, 5.41) is 18.3. The molecule has 0 bridgehead atoms. The lowest BCUT2D eigenvalue weighted by Gasteiger charge is -2.07. The van der Waals surface area contributed by atoms with Gasteiger partial charge in [0.05, 0.1) is 24.3 Å². The van der Waals surface area contributed by atoms with Gasteiger partial charge in [-0.2, -0.15) is 0 Å². The zero-order valence-corrected chi connectivity index (χ0v) is 19.6.